The van der Waals surface area contributed by atoms with E-state index in [4.69, 9.17) is 4.52 Å². The van der Waals surface area contributed by atoms with Crippen LogP contribution in [0.4, 0.5) is 0 Å². The third-order valence-corrected chi connectivity index (χ3v) is 3.71. The van der Waals surface area contributed by atoms with Crippen molar-refractivity contribution in [2.45, 2.75) is 11.8 Å². The number of rotatable bonds is 4. The summed E-state index contributed by atoms with van der Waals surface area (Å²) in [5.41, 5.74) is 1.48. The molecule has 21 heavy (non-hydrogen) atoms. The molecule has 6 heteroatoms. The van der Waals surface area contributed by atoms with E-state index in [1.807, 2.05) is 24.3 Å². The highest BCUT2D eigenvalue weighted by molar-refractivity contribution is 7.99. The third kappa shape index (κ3) is 3.05. The first-order valence-corrected chi connectivity index (χ1v) is 7.46. The number of aromatic nitrogens is 3. The topological polar surface area (TPSA) is 72.0 Å². The minimum Gasteiger partial charge on any atom is -0.506 e. The van der Waals surface area contributed by atoms with Gasteiger partial charge >= 0.3 is 0 Å². The molecule has 0 atom stereocenters. The Morgan fingerprint density at radius 2 is 1.95 bits per heavy atom. The first-order chi connectivity index (χ1) is 10.3. The Morgan fingerprint density at radius 1 is 1.14 bits per heavy atom. The van der Waals surface area contributed by atoms with Crippen LogP contribution in [0, 0.1) is 0 Å². The molecule has 0 unspecified atom stereocenters. The van der Waals surface area contributed by atoms with E-state index in [9.17, 15) is 5.11 Å². The first-order valence-electron chi connectivity index (χ1n) is 6.47. The van der Waals surface area contributed by atoms with Crippen LogP contribution in [-0.2, 0) is 0 Å². The molecule has 0 aliphatic carbocycles. The van der Waals surface area contributed by atoms with Gasteiger partial charge in [-0.2, -0.15) is 4.98 Å². The lowest BCUT2D eigenvalue weighted by molar-refractivity contribution is 0.431. The molecular weight excluding hydrogens is 286 g/mol. The Balaban J connectivity index is 1.87. The Labute approximate surface area is 126 Å². The molecular formula is C15H13N3O2S. The molecule has 2 aromatic heterocycles. The summed E-state index contributed by atoms with van der Waals surface area (Å²) in [7, 11) is 0. The summed E-state index contributed by atoms with van der Waals surface area (Å²) in [6, 6.07) is 9.54. The summed E-state index contributed by atoms with van der Waals surface area (Å²) in [4.78, 5) is 9.44. The van der Waals surface area contributed by atoms with E-state index in [1.54, 1.807) is 18.0 Å². The van der Waals surface area contributed by atoms with Crippen LogP contribution >= 0.6 is 11.8 Å². The summed E-state index contributed by atoms with van der Waals surface area (Å²) in [6.07, 6.45) is 2.92. The SMILES string of the molecule is CCSc1ccc(-c2noc(-c3cncc(O)c3)n2)cc1. The number of pyridine rings is 1. The maximum absolute atomic E-state index is 9.42. The summed E-state index contributed by atoms with van der Waals surface area (Å²) < 4.78 is 5.22. The molecule has 0 radical (unpaired) electrons. The van der Waals surface area contributed by atoms with Crippen LogP contribution < -0.4 is 0 Å². The molecule has 3 rings (SSSR count). The first kappa shape index (κ1) is 13.6. The molecule has 0 saturated carbocycles. The summed E-state index contributed by atoms with van der Waals surface area (Å²) in [6.45, 7) is 2.12. The molecule has 0 saturated heterocycles. The van der Waals surface area contributed by atoms with Gasteiger partial charge in [0, 0.05) is 16.7 Å². The number of thioether (sulfide) groups is 1. The van der Waals surface area contributed by atoms with Crippen LogP contribution in [0.15, 0.2) is 52.1 Å². The molecule has 1 aromatic carbocycles. The molecule has 2 heterocycles. The fourth-order valence-corrected chi connectivity index (χ4v) is 2.53. The lowest BCUT2D eigenvalue weighted by Crippen LogP contribution is -1.82. The Hall–Kier alpha value is -2.34. The maximum Gasteiger partial charge on any atom is 0.259 e. The fraction of sp³-hybridized carbons (Fsp3) is 0.133. The van der Waals surface area contributed by atoms with Gasteiger partial charge < -0.3 is 9.63 Å². The zero-order chi connectivity index (χ0) is 14.7. The average molecular weight is 299 g/mol. The predicted octanol–water partition coefficient (Wildman–Crippen LogP) is 3.62. The third-order valence-electron chi connectivity index (χ3n) is 2.82. The van der Waals surface area contributed by atoms with E-state index in [0.717, 1.165) is 11.3 Å². The zero-order valence-electron chi connectivity index (χ0n) is 11.4. The van der Waals surface area contributed by atoms with Crippen molar-refractivity contribution >= 4 is 11.8 Å². The standard InChI is InChI=1S/C15H13N3O2S/c1-2-21-13-5-3-10(4-6-13)14-17-15(20-18-14)11-7-12(19)9-16-8-11/h3-9,19H,2H2,1H3. The molecule has 106 valence electrons. The van der Waals surface area contributed by atoms with Crippen molar-refractivity contribution in [3.05, 3.63) is 42.7 Å². The zero-order valence-corrected chi connectivity index (χ0v) is 12.2. The van der Waals surface area contributed by atoms with Gasteiger partial charge in [0.25, 0.3) is 5.89 Å². The van der Waals surface area contributed by atoms with Crippen molar-refractivity contribution in [2.24, 2.45) is 0 Å². The summed E-state index contributed by atoms with van der Waals surface area (Å²) in [5, 5.41) is 13.4. The summed E-state index contributed by atoms with van der Waals surface area (Å²) >= 11 is 1.78. The number of hydrogen-bond donors (Lipinski definition) is 1. The molecule has 0 amide bonds. The Morgan fingerprint density at radius 3 is 2.67 bits per heavy atom. The van der Waals surface area contributed by atoms with Crippen LogP contribution in [0.2, 0.25) is 0 Å². The second-order valence-corrected chi connectivity index (χ2v) is 5.65. The largest absolute Gasteiger partial charge is 0.506 e. The van der Waals surface area contributed by atoms with Gasteiger partial charge in [0.05, 0.1) is 11.8 Å². The van der Waals surface area contributed by atoms with Gasteiger partial charge in [-0.05, 0) is 36.1 Å². The second kappa shape index (κ2) is 5.97. The quantitative estimate of drug-likeness (QED) is 0.742. The van der Waals surface area contributed by atoms with Crippen molar-refractivity contribution in [1.29, 1.82) is 0 Å². The smallest absolute Gasteiger partial charge is 0.259 e. The van der Waals surface area contributed by atoms with Gasteiger partial charge in [0.15, 0.2) is 0 Å². The van der Waals surface area contributed by atoms with Gasteiger partial charge in [-0.25, -0.2) is 0 Å². The van der Waals surface area contributed by atoms with Crippen LogP contribution in [0.25, 0.3) is 22.8 Å². The number of hydrogen-bond acceptors (Lipinski definition) is 6. The van der Waals surface area contributed by atoms with Gasteiger partial charge in [-0.15, -0.1) is 11.8 Å². The van der Waals surface area contributed by atoms with Gasteiger partial charge in [-0.3, -0.25) is 4.98 Å². The maximum atomic E-state index is 9.42. The minimum atomic E-state index is 0.0631. The summed E-state index contributed by atoms with van der Waals surface area (Å²) in [5.74, 6) is 1.95. The number of benzene rings is 1. The molecule has 0 fully saturated rings. The van der Waals surface area contributed by atoms with Gasteiger partial charge in [0.2, 0.25) is 5.82 Å². The van der Waals surface area contributed by atoms with Crippen molar-refractivity contribution in [1.82, 2.24) is 15.1 Å². The minimum absolute atomic E-state index is 0.0631. The van der Waals surface area contributed by atoms with E-state index in [1.165, 1.54) is 17.2 Å². The van der Waals surface area contributed by atoms with Crippen LogP contribution in [0.5, 0.6) is 5.75 Å². The van der Waals surface area contributed by atoms with E-state index in [0.29, 0.717) is 17.3 Å². The molecule has 0 bridgehead atoms. The molecule has 5 nitrogen and oxygen atoms in total. The lowest BCUT2D eigenvalue weighted by Gasteiger charge is -1.98. The molecule has 3 aromatic rings. The van der Waals surface area contributed by atoms with Gasteiger partial charge in [-0.1, -0.05) is 12.1 Å². The van der Waals surface area contributed by atoms with E-state index < -0.39 is 0 Å². The van der Waals surface area contributed by atoms with E-state index in [2.05, 4.69) is 22.0 Å². The highest BCUT2D eigenvalue weighted by Gasteiger charge is 2.11. The molecule has 0 aliphatic rings. The number of aromatic hydroxyl groups is 1. The Kier molecular flexibility index (Phi) is 3.87. The predicted molar refractivity (Wildman–Crippen MR) is 81.0 cm³/mol. The van der Waals surface area contributed by atoms with Crippen molar-refractivity contribution in [3.63, 3.8) is 0 Å². The number of nitrogens with zero attached hydrogens (tertiary/aromatic N) is 3. The Bertz CT molecular complexity index is 741. The monoisotopic (exact) mass is 299 g/mol. The normalized spacial score (nSPS) is 10.7. The lowest BCUT2D eigenvalue weighted by atomic mass is 10.2. The fourth-order valence-electron chi connectivity index (χ4n) is 1.87. The molecule has 0 aliphatic heterocycles. The van der Waals surface area contributed by atoms with Crippen molar-refractivity contribution < 1.29 is 9.63 Å². The van der Waals surface area contributed by atoms with Crippen molar-refractivity contribution in [3.8, 4) is 28.6 Å². The van der Waals surface area contributed by atoms with Crippen LogP contribution in [0.3, 0.4) is 0 Å². The highest BCUT2D eigenvalue weighted by atomic mass is 32.2. The molecule has 0 spiro atoms. The van der Waals surface area contributed by atoms with E-state index >= 15 is 0 Å². The second-order valence-electron chi connectivity index (χ2n) is 4.31. The van der Waals surface area contributed by atoms with Crippen LogP contribution in [0.1, 0.15) is 6.92 Å². The van der Waals surface area contributed by atoms with Crippen molar-refractivity contribution in [2.75, 3.05) is 5.75 Å². The highest BCUT2D eigenvalue weighted by Crippen LogP contribution is 2.25. The van der Waals surface area contributed by atoms with Gasteiger partial charge in [0.1, 0.15) is 5.75 Å². The van der Waals surface area contributed by atoms with E-state index in [-0.39, 0.29) is 5.75 Å². The molecule has 1 N–H and O–H groups in total. The average Bonchev–Trinajstić information content (AvgIpc) is 2.98. The van der Waals surface area contributed by atoms with Crippen LogP contribution in [-0.4, -0.2) is 26.0 Å².